The Labute approximate surface area is 96.4 Å². The Morgan fingerprint density at radius 1 is 1.25 bits per heavy atom. The molecule has 0 bridgehead atoms. The minimum atomic E-state index is -0.421. The Hall–Kier alpha value is -1.71. The van der Waals surface area contributed by atoms with E-state index >= 15 is 0 Å². The summed E-state index contributed by atoms with van der Waals surface area (Å²) in [7, 11) is 2.85. The molecule has 0 unspecified atom stereocenters. The van der Waals surface area contributed by atoms with Crippen molar-refractivity contribution in [1.29, 1.82) is 0 Å². The van der Waals surface area contributed by atoms with E-state index in [1.807, 2.05) is 20.8 Å². The van der Waals surface area contributed by atoms with Crippen LogP contribution < -0.4 is 10.5 Å². The van der Waals surface area contributed by atoms with Gasteiger partial charge in [0.25, 0.3) is 0 Å². The Morgan fingerprint density at radius 3 is 2.25 bits per heavy atom. The third-order valence-electron chi connectivity index (χ3n) is 2.04. The summed E-state index contributed by atoms with van der Waals surface area (Å²) in [5, 5.41) is 0. The molecule has 0 fully saturated rings. The summed E-state index contributed by atoms with van der Waals surface area (Å²) in [6, 6.07) is 3.18. The zero-order valence-electron chi connectivity index (χ0n) is 10.5. The Kier molecular flexibility index (Phi) is 6.00. The van der Waals surface area contributed by atoms with Gasteiger partial charge in [0.1, 0.15) is 5.75 Å². The molecule has 1 aromatic rings. The summed E-state index contributed by atoms with van der Waals surface area (Å²) in [5.41, 5.74) is 7.44. The van der Waals surface area contributed by atoms with Crippen LogP contribution in [0.15, 0.2) is 12.1 Å². The molecule has 4 heteroatoms. The average molecular weight is 225 g/mol. The van der Waals surface area contributed by atoms with Crippen LogP contribution in [-0.2, 0) is 4.74 Å². The van der Waals surface area contributed by atoms with Crippen molar-refractivity contribution in [3.8, 4) is 5.75 Å². The van der Waals surface area contributed by atoms with E-state index in [0.29, 0.717) is 17.0 Å². The number of carbonyl (C=O) groups excluding carboxylic acids is 1. The fourth-order valence-electron chi connectivity index (χ4n) is 1.16. The number of esters is 1. The molecule has 16 heavy (non-hydrogen) atoms. The number of rotatable bonds is 2. The van der Waals surface area contributed by atoms with Crippen LogP contribution in [0.4, 0.5) is 5.69 Å². The van der Waals surface area contributed by atoms with E-state index < -0.39 is 5.97 Å². The van der Waals surface area contributed by atoms with Crippen LogP contribution in [0.3, 0.4) is 0 Å². The van der Waals surface area contributed by atoms with Crippen molar-refractivity contribution in [2.75, 3.05) is 20.0 Å². The van der Waals surface area contributed by atoms with Crippen LogP contribution in [0.5, 0.6) is 5.75 Å². The van der Waals surface area contributed by atoms with Crippen molar-refractivity contribution in [1.82, 2.24) is 0 Å². The molecule has 0 aliphatic heterocycles. The van der Waals surface area contributed by atoms with Crippen LogP contribution in [0, 0.1) is 6.92 Å². The minimum Gasteiger partial charge on any atom is -0.496 e. The predicted octanol–water partition coefficient (Wildman–Crippen LogP) is 2.40. The van der Waals surface area contributed by atoms with Gasteiger partial charge in [0.15, 0.2) is 0 Å². The number of nitrogens with two attached hydrogens (primary N) is 1. The molecule has 0 saturated heterocycles. The van der Waals surface area contributed by atoms with Gasteiger partial charge in [0.05, 0.1) is 19.8 Å². The molecule has 0 spiro atoms. The summed E-state index contributed by atoms with van der Waals surface area (Å²) in [6.07, 6.45) is 0. The van der Waals surface area contributed by atoms with E-state index in [4.69, 9.17) is 10.5 Å². The SMILES string of the molecule is CC.COC(=O)c1cc(N)c(C)c(OC)c1. The molecular weight excluding hydrogens is 206 g/mol. The van der Waals surface area contributed by atoms with Gasteiger partial charge in [-0.25, -0.2) is 4.79 Å². The number of ether oxygens (including phenoxy) is 2. The van der Waals surface area contributed by atoms with E-state index in [9.17, 15) is 4.79 Å². The number of methoxy groups -OCH3 is 2. The molecule has 0 saturated carbocycles. The molecule has 0 aromatic heterocycles. The van der Waals surface area contributed by atoms with E-state index in [2.05, 4.69) is 4.74 Å². The molecule has 90 valence electrons. The maximum Gasteiger partial charge on any atom is 0.338 e. The molecule has 0 atom stereocenters. The van der Waals surface area contributed by atoms with Crippen molar-refractivity contribution < 1.29 is 14.3 Å². The molecule has 0 aliphatic carbocycles. The third kappa shape index (κ3) is 3.15. The second kappa shape index (κ2) is 6.71. The summed E-state index contributed by atoms with van der Waals surface area (Å²) < 4.78 is 9.65. The van der Waals surface area contributed by atoms with Gasteiger partial charge in [-0.15, -0.1) is 0 Å². The smallest absolute Gasteiger partial charge is 0.338 e. The first-order valence-corrected chi connectivity index (χ1v) is 5.12. The highest BCUT2D eigenvalue weighted by Crippen LogP contribution is 2.25. The number of carbonyl (C=O) groups is 1. The second-order valence-corrected chi connectivity index (χ2v) is 2.88. The number of anilines is 1. The summed E-state index contributed by atoms with van der Waals surface area (Å²) >= 11 is 0. The molecule has 0 radical (unpaired) electrons. The largest absolute Gasteiger partial charge is 0.496 e. The van der Waals surface area contributed by atoms with Crippen LogP contribution in [0.2, 0.25) is 0 Å². The molecular formula is C12H19NO3. The van der Waals surface area contributed by atoms with Crippen molar-refractivity contribution in [2.24, 2.45) is 0 Å². The Bertz CT molecular complexity index is 362. The van der Waals surface area contributed by atoms with Crippen molar-refractivity contribution >= 4 is 11.7 Å². The van der Waals surface area contributed by atoms with Crippen LogP contribution in [0.1, 0.15) is 29.8 Å². The van der Waals surface area contributed by atoms with Gasteiger partial charge in [-0.3, -0.25) is 0 Å². The zero-order chi connectivity index (χ0) is 12.7. The standard InChI is InChI=1S/C10H13NO3.C2H6/c1-6-8(11)4-7(10(12)14-3)5-9(6)13-2;1-2/h4-5H,11H2,1-3H3;1-2H3. The molecule has 0 amide bonds. The molecule has 1 aromatic carbocycles. The number of hydrogen-bond donors (Lipinski definition) is 1. The normalized spacial score (nSPS) is 8.81. The highest BCUT2D eigenvalue weighted by molar-refractivity contribution is 5.91. The van der Waals surface area contributed by atoms with Crippen LogP contribution in [-0.4, -0.2) is 20.2 Å². The Morgan fingerprint density at radius 2 is 1.81 bits per heavy atom. The lowest BCUT2D eigenvalue weighted by molar-refractivity contribution is 0.0600. The first kappa shape index (κ1) is 14.3. The molecule has 0 aliphatic rings. The zero-order valence-corrected chi connectivity index (χ0v) is 10.5. The fraction of sp³-hybridized carbons (Fsp3) is 0.417. The summed E-state index contributed by atoms with van der Waals surface area (Å²) in [4.78, 5) is 11.2. The van der Waals surface area contributed by atoms with Gasteiger partial charge < -0.3 is 15.2 Å². The monoisotopic (exact) mass is 225 g/mol. The van der Waals surface area contributed by atoms with Crippen LogP contribution in [0.25, 0.3) is 0 Å². The van der Waals surface area contributed by atoms with Crippen molar-refractivity contribution in [3.05, 3.63) is 23.3 Å². The third-order valence-corrected chi connectivity index (χ3v) is 2.04. The van der Waals surface area contributed by atoms with Gasteiger partial charge in [-0.05, 0) is 19.1 Å². The highest BCUT2D eigenvalue weighted by atomic mass is 16.5. The number of hydrogen-bond acceptors (Lipinski definition) is 4. The molecule has 0 heterocycles. The summed E-state index contributed by atoms with van der Waals surface area (Å²) in [6.45, 7) is 5.83. The fourth-order valence-corrected chi connectivity index (χ4v) is 1.16. The Balaban J connectivity index is 0.00000106. The lowest BCUT2D eigenvalue weighted by Gasteiger charge is -2.09. The molecule has 2 N–H and O–H groups in total. The van der Waals surface area contributed by atoms with E-state index in [-0.39, 0.29) is 0 Å². The van der Waals surface area contributed by atoms with Gasteiger partial charge in [0, 0.05) is 11.3 Å². The van der Waals surface area contributed by atoms with Gasteiger partial charge in [0.2, 0.25) is 0 Å². The lowest BCUT2D eigenvalue weighted by Crippen LogP contribution is -2.04. The van der Waals surface area contributed by atoms with Gasteiger partial charge in [-0.1, -0.05) is 13.8 Å². The highest BCUT2D eigenvalue weighted by Gasteiger charge is 2.11. The van der Waals surface area contributed by atoms with E-state index in [1.165, 1.54) is 14.2 Å². The number of nitrogen functional groups attached to an aromatic ring is 1. The average Bonchev–Trinajstić information content (AvgIpc) is 2.34. The topological polar surface area (TPSA) is 61.5 Å². The minimum absolute atomic E-state index is 0.396. The molecule has 1 rings (SSSR count). The maximum absolute atomic E-state index is 11.2. The van der Waals surface area contributed by atoms with Gasteiger partial charge >= 0.3 is 5.97 Å². The first-order valence-electron chi connectivity index (χ1n) is 5.12. The summed E-state index contributed by atoms with van der Waals surface area (Å²) in [5.74, 6) is 0.167. The molecule has 4 nitrogen and oxygen atoms in total. The van der Waals surface area contributed by atoms with E-state index in [0.717, 1.165) is 5.56 Å². The van der Waals surface area contributed by atoms with Crippen LogP contribution >= 0.6 is 0 Å². The van der Waals surface area contributed by atoms with Crippen molar-refractivity contribution in [2.45, 2.75) is 20.8 Å². The maximum atomic E-state index is 11.2. The van der Waals surface area contributed by atoms with Gasteiger partial charge in [-0.2, -0.15) is 0 Å². The number of benzene rings is 1. The predicted molar refractivity (Wildman–Crippen MR) is 64.8 cm³/mol. The van der Waals surface area contributed by atoms with E-state index in [1.54, 1.807) is 12.1 Å². The first-order chi connectivity index (χ1) is 7.60. The second-order valence-electron chi connectivity index (χ2n) is 2.88. The van der Waals surface area contributed by atoms with Crippen molar-refractivity contribution in [3.63, 3.8) is 0 Å². The quantitative estimate of drug-likeness (QED) is 0.620. The lowest BCUT2D eigenvalue weighted by atomic mass is 10.1.